The summed E-state index contributed by atoms with van der Waals surface area (Å²) < 4.78 is 18.1. The number of aryl methyl sites for hydroxylation is 1. The number of hydrogen-bond acceptors (Lipinski definition) is 4. The van der Waals surface area contributed by atoms with Crippen LogP contribution >= 0.6 is 0 Å². The third kappa shape index (κ3) is 3.69. The number of nitrogens with zero attached hydrogens (tertiary/aromatic N) is 2. The van der Waals surface area contributed by atoms with E-state index in [1.165, 1.54) is 0 Å². The molecule has 0 unspecified atom stereocenters. The first-order valence-corrected chi connectivity index (χ1v) is 5.65. The van der Waals surface area contributed by atoms with E-state index in [1.54, 1.807) is 0 Å². The maximum atomic E-state index is 12.6. The zero-order chi connectivity index (χ0) is 12.8. The zero-order valence-electron chi connectivity index (χ0n) is 10.1. The van der Waals surface area contributed by atoms with E-state index in [9.17, 15) is 4.39 Å². The summed E-state index contributed by atoms with van der Waals surface area (Å²) in [6.07, 6.45) is 2.24. The summed E-state index contributed by atoms with van der Waals surface area (Å²) in [5, 5.41) is 2.94. The van der Waals surface area contributed by atoms with Crippen LogP contribution in [0.5, 0.6) is 5.75 Å². The number of anilines is 1. The Morgan fingerprint density at radius 2 is 2.06 bits per heavy atom. The van der Waals surface area contributed by atoms with Crippen LogP contribution in [0, 0.1) is 12.7 Å². The molecule has 0 saturated heterocycles. The highest BCUT2D eigenvalue weighted by atomic mass is 19.1. The largest absolute Gasteiger partial charge is 0.492 e. The minimum absolute atomic E-state index is 0.393. The van der Waals surface area contributed by atoms with Crippen LogP contribution in [-0.4, -0.2) is 23.1 Å². The molecule has 0 amide bonds. The van der Waals surface area contributed by atoms with Gasteiger partial charge >= 0.3 is 0 Å². The molecule has 0 fully saturated rings. The van der Waals surface area contributed by atoms with Crippen LogP contribution in [0.2, 0.25) is 0 Å². The molecule has 0 spiro atoms. The molecule has 94 valence electrons. The van der Waals surface area contributed by atoms with Gasteiger partial charge in [0.25, 0.3) is 0 Å². The number of halogens is 1. The molecule has 0 radical (unpaired) electrons. The third-order valence-electron chi connectivity index (χ3n) is 2.26. The lowest BCUT2D eigenvalue weighted by Gasteiger charge is -2.07. The van der Waals surface area contributed by atoms with Gasteiger partial charge < -0.3 is 10.1 Å². The fourth-order valence-corrected chi connectivity index (χ4v) is 1.44. The molecule has 0 bridgehead atoms. The fourth-order valence-electron chi connectivity index (χ4n) is 1.44. The normalized spacial score (nSPS) is 10.1. The van der Waals surface area contributed by atoms with Gasteiger partial charge in [0.1, 0.15) is 12.4 Å². The van der Waals surface area contributed by atoms with Crippen molar-refractivity contribution in [1.82, 2.24) is 9.97 Å². The molecule has 0 aliphatic rings. The molecule has 18 heavy (non-hydrogen) atoms. The molecule has 1 N–H and O–H groups in total. The lowest BCUT2D eigenvalue weighted by Crippen LogP contribution is -2.13. The average Bonchev–Trinajstić information content (AvgIpc) is 2.37. The monoisotopic (exact) mass is 247 g/mol. The van der Waals surface area contributed by atoms with E-state index in [0.29, 0.717) is 19.1 Å². The molecular formula is C13H14FN3O. The van der Waals surface area contributed by atoms with Gasteiger partial charge in [-0.25, -0.2) is 14.4 Å². The summed E-state index contributed by atoms with van der Waals surface area (Å²) >= 11 is 0. The van der Waals surface area contributed by atoms with Crippen LogP contribution in [0.4, 0.5) is 10.3 Å². The average molecular weight is 247 g/mol. The summed E-state index contributed by atoms with van der Waals surface area (Å²) in [6, 6.07) is 7.83. The first-order chi connectivity index (χ1) is 8.74. The second-order valence-corrected chi connectivity index (χ2v) is 3.82. The summed E-state index contributed by atoms with van der Waals surface area (Å²) in [6.45, 7) is 3.06. The van der Waals surface area contributed by atoms with E-state index >= 15 is 0 Å². The van der Waals surface area contributed by atoms with Crippen molar-refractivity contribution in [3.05, 3.63) is 48.0 Å². The second-order valence-electron chi connectivity index (χ2n) is 3.82. The Kier molecular flexibility index (Phi) is 4.06. The highest BCUT2D eigenvalue weighted by molar-refractivity contribution is 5.27. The highest BCUT2D eigenvalue weighted by Gasteiger charge is 1.97. The van der Waals surface area contributed by atoms with Crippen molar-refractivity contribution in [2.75, 3.05) is 18.5 Å². The van der Waals surface area contributed by atoms with E-state index < -0.39 is 5.82 Å². The summed E-state index contributed by atoms with van der Waals surface area (Å²) in [4.78, 5) is 7.57. The Balaban J connectivity index is 1.74. The lowest BCUT2D eigenvalue weighted by molar-refractivity contribution is 0.332. The van der Waals surface area contributed by atoms with Crippen molar-refractivity contribution >= 4 is 5.95 Å². The second kappa shape index (κ2) is 5.95. The van der Waals surface area contributed by atoms with Gasteiger partial charge in [-0.3, -0.25) is 0 Å². The zero-order valence-corrected chi connectivity index (χ0v) is 10.1. The molecule has 0 aliphatic heterocycles. The minimum Gasteiger partial charge on any atom is -0.492 e. The first kappa shape index (κ1) is 12.3. The Labute approximate surface area is 105 Å². The standard InChI is InChI=1S/C13H14FN3O/c1-10-3-2-4-12(7-10)18-6-5-15-13-16-8-11(14)9-17-13/h2-4,7-9H,5-6H2,1H3,(H,15,16,17). The molecule has 0 saturated carbocycles. The maximum Gasteiger partial charge on any atom is 0.222 e. The number of hydrogen-bond donors (Lipinski definition) is 1. The summed E-state index contributed by atoms with van der Waals surface area (Å²) in [7, 11) is 0. The molecule has 0 atom stereocenters. The van der Waals surface area contributed by atoms with E-state index in [0.717, 1.165) is 23.7 Å². The van der Waals surface area contributed by atoms with Crippen LogP contribution in [0.3, 0.4) is 0 Å². The van der Waals surface area contributed by atoms with Crippen LogP contribution < -0.4 is 10.1 Å². The van der Waals surface area contributed by atoms with Gasteiger partial charge in [-0.15, -0.1) is 0 Å². The van der Waals surface area contributed by atoms with E-state index in [1.807, 2.05) is 31.2 Å². The third-order valence-corrected chi connectivity index (χ3v) is 2.26. The predicted octanol–water partition coefficient (Wildman–Crippen LogP) is 2.42. The van der Waals surface area contributed by atoms with E-state index in [-0.39, 0.29) is 0 Å². The SMILES string of the molecule is Cc1cccc(OCCNc2ncc(F)cn2)c1. The fraction of sp³-hybridized carbons (Fsp3) is 0.231. The number of benzene rings is 1. The van der Waals surface area contributed by atoms with Gasteiger partial charge in [-0.05, 0) is 24.6 Å². The van der Waals surface area contributed by atoms with Crippen molar-refractivity contribution < 1.29 is 9.13 Å². The van der Waals surface area contributed by atoms with Crippen LogP contribution in [0.25, 0.3) is 0 Å². The van der Waals surface area contributed by atoms with Gasteiger partial charge in [0.15, 0.2) is 5.82 Å². The molecule has 2 aromatic rings. The molecule has 5 heteroatoms. The number of ether oxygens (including phenoxy) is 1. The topological polar surface area (TPSA) is 47.0 Å². The van der Waals surface area contributed by atoms with Crippen molar-refractivity contribution in [2.45, 2.75) is 6.92 Å². The van der Waals surface area contributed by atoms with Gasteiger partial charge in [0.2, 0.25) is 5.95 Å². The molecule has 2 rings (SSSR count). The number of aromatic nitrogens is 2. The molecule has 1 aromatic heterocycles. The van der Waals surface area contributed by atoms with Gasteiger partial charge in [0.05, 0.1) is 18.9 Å². The molecule has 1 aromatic carbocycles. The Morgan fingerprint density at radius 3 is 2.78 bits per heavy atom. The number of nitrogens with one attached hydrogen (secondary N) is 1. The van der Waals surface area contributed by atoms with Gasteiger partial charge in [-0.2, -0.15) is 0 Å². The Morgan fingerprint density at radius 1 is 1.28 bits per heavy atom. The van der Waals surface area contributed by atoms with Crippen molar-refractivity contribution in [1.29, 1.82) is 0 Å². The van der Waals surface area contributed by atoms with Crippen molar-refractivity contribution in [3.63, 3.8) is 0 Å². The van der Waals surface area contributed by atoms with Crippen LogP contribution in [0.1, 0.15) is 5.56 Å². The Hall–Kier alpha value is -2.17. The van der Waals surface area contributed by atoms with Crippen LogP contribution in [-0.2, 0) is 0 Å². The summed E-state index contributed by atoms with van der Waals surface area (Å²) in [5.41, 5.74) is 1.15. The van der Waals surface area contributed by atoms with Gasteiger partial charge in [0, 0.05) is 0 Å². The quantitative estimate of drug-likeness (QED) is 0.824. The minimum atomic E-state index is -0.448. The highest BCUT2D eigenvalue weighted by Crippen LogP contribution is 2.11. The van der Waals surface area contributed by atoms with Crippen molar-refractivity contribution in [2.24, 2.45) is 0 Å². The van der Waals surface area contributed by atoms with Gasteiger partial charge in [-0.1, -0.05) is 12.1 Å². The van der Waals surface area contributed by atoms with Crippen molar-refractivity contribution in [3.8, 4) is 5.75 Å². The van der Waals surface area contributed by atoms with E-state index in [2.05, 4.69) is 15.3 Å². The predicted molar refractivity (Wildman–Crippen MR) is 67.2 cm³/mol. The lowest BCUT2D eigenvalue weighted by atomic mass is 10.2. The van der Waals surface area contributed by atoms with E-state index in [4.69, 9.17) is 4.74 Å². The summed E-state index contributed by atoms with van der Waals surface area (Å²) in [5.74, 6) is 0.776. The molecule has 1 heterocycles. The maximum absolute atomic E-state index is 12.6. The molecular weight excluding hydrogens is 233 g/mol. The van der Waals surface area contributed by atoms with Crippen LogP contribution in [0.15, 0.2) is 36.7 Å². The Bertz CT molecular complexity index is 502. The number of rotatable bonds is 5. The molecule has 4 nitrogen and oxygen atoms in total. The first-order valence-electron chi connectivity index (χ1n) is 5.65. The molecule has 0 aliphatic carbocycles. The smallest absolute Gasteiger partial charge is 0.222 e.